The van der Waals surface area contributed by atoms with Crippen molar-refractivity contribution in [1.29, 1.82) is 5.26 Å². The Labute approximate surface area is 186 Å². The van der Waals surface area contributed by atoms with Gasteiger partial charge in [0.25, 0.3) is 0 Å². The smallest absolute Gasteiger partial charge is 0.248 e. The van der Waals surface area contributed by atoms with Crippen molar-refractivity contribution in [2.75, 3.05) is 5.32 Å². The van der Waals surface area contributed by atoms with E-state index in [1.807, 2.05) is 31.2 Å². The number of benzene rings is 1. The second-order valence-corrected chi connectivity index (χ2v) is 10.2. The van der Waals surface area contributed by atoms with Gasteiger partial charge in [0.15, 0.2) is 0 Å². The first kappa shape index (κ1) is 21.2. The molecule has 1 aromatic carbocycles. The minimum atomic E-state index is -0.267. The van der Waals surface area contributed by atoms with Gasteiger partial charge < -0.3 is 5.32 Å². The lowest BCUT2D eigenvalue weighted by Gasteiger charge is -2.33. The first-order chi connectivity index (χ1) is 14.8. The Morgan fingerprint density at radius 3 is 2.84 bits per heavy atom. The number of carbonyl (C=O) groups excluding carboxylic acids is 1. The number of nitriles is 1. The zero-order valence-corrected chi connectivity index (χ0v) is 19.1. The number of hydrogen-bond acceptors (Lipinski definition) is 6. The molecule has 160 valence electrons. The molecule has 0 aliphatic heterocycles. The lowest BCUT2D eigenvalue weighted by molar-refractivity contribution is -0.117. The third kappa shape index (κ3) is 4.37. The highest BCUT2D eigenvalue weighted by molar-refractivity contribution is 7.16. The Balaban J connectivity index is 1.48. The van der Waals surface area contributed by atoms with Gasteiger partial charge in [-0.2, -0.15) is 10.1 Å². The maximum atomic E-state index is 12.7. The Morgan fingerprint density at radius 2 is 2.13 bits per heavy atom. The quantitative estimate of drug-likeness (QED) is 0.658. The molecule has 0 fully saturated rings. The Hall–Kier alpha value is -3.05. The molecule has 31 heavy (non-hydrogen) atoms. The van der Waals surface area contributed by atoms with Crippen LogP contribution in [0.15, 0.2) is 24.3 Å². The van der Waals surface area contributed by atoms with Crippen molar-refractivity contribution in [2.24, 2.45) is 11.3 Å². The van der Waals surface area contributed by atoms with E-state index in [0.717, 1.165) is 36.0 Å². The molecule has 1 amide bonds. The highest BCUT2D eigenvalue weighted by atomic mass is 32.1. The molecule has 2 aromatic heterocycles. The second-order valence-electron chi connectivity index (χ2n) is 9.13. The number of tetrazole rings is 1. The van der Waals surface area contributed by atoms with Crippen LogP contribution >= 0.6 is 11.3 Å². The summed E-state index contributed by atoms with van der Waals surface area (Å²) in [6.07, 6.45) is 2.91. The first-order valence-corrected chi connectivity index (χ1v) is 11.3. The van der Waals surface area contributed by atoms with Crippen LogP contribution in [0, 0.1) is 29.6 Å². The lowest BCUT2D eigenvalue weighted by atomic mass is 9.72. The zero-order chi connectivity index (χ0) is 22.2. The van der Waals surface area contributed by atoms with Gasteiger partial charge in [-0.05, 0) is 53.9 Å². The van der Waals surface area contributed by atoms with Gasteiger partial charge in [-0.3, -0.25) is 4.79 Å². The number of nitrogens with zero attached hydrogens (tertiary/aromatic N) is 5. The average molecular weight is 435 g/mol. The molecule has 1 N–H and O–H groups in total. The summed E-state index contributed by atoms with van der Waals surface area (Å²) >= 11 is 1.53. The summed E-state index contributed by atoms with van der Waals surface area (Å²) in [4.78, 5) is 15.2. The lowest BCUT2D eigenvalue weighted by Crippen LogP contribution is -2.26. The normalized spacial score (nSPS) is 15.9. The molecule has 1 aliphatic rings. The standard InChI is InChI=1S/C23H26N6OS/c1-14-7-5-6-8-16(14)21-26-28-29(27-21)13-20(30)25-22-18(12-24)17-10-9-15(23(2,3)4)11-19(17)31-22/h5-8,15H,9-11,13H2,1-4H3,(H,25,30)/t15-/m0/s1. The minimum Gasteiger partial charge on any atom is -0.315 e. The van der Waals surface area contributed by atoms with E-state index in [0.29, 0.717) is 22.3 Å². The van der Waals surface area contributed by atoms with Gasteiger partial charge in [-0.15, -0.1) is 21.5 Å². The summed E-state index contributed by atoms with van der Waals surface area (Å²) < 4.78 is 0. The van der Waals surface area contributed by atoms with Crippen molar-refractivity contribution in [3.8, 4) is 17.5 Å². The van der Waals surface area contributed by atoms with E-state index in [4.69, 9.17) is 0 Å². The van der Waals surface area contributed by atoms with Gasteiger partial charge in [-0.1, -0.05) is 45.0 Å². The molecular formula is C23H26N6OS. The summed E-state index contributed by atoms with van der Waals surface area (Å²) in [6, 6.07) is 10.1. The summed E-state index contributed by atoms with van der Waals surface area (Å²) in [7, 11) is 0. The van der Waals surface area contributed by atoms with Crippen LogP contribution in [0.2, 0.25) is 0 Å². The third-order valence-electron chi connectivity index (χ3n) is 5.98. The highest BCUT2D eigenvalue weighted by Gasteiger charge is 2.32. The van der Waals surface area contributed by atoms with E-state index in [1.165, 1.54) is 21.0 Å². The SMILES string of the molecule is Cc1ccccc1-c1nnn(CC(=O)Nc2sc3c(c2C#N)CC[C@H](C(C)(C)C)C3)n1. The van der Waals surface area contributed by atoms with Gasteiger partial charge in [0.2, 0.25) is 11.7 Å². The number of fused-ring (bicyclic) bond motifs is 1. The molecule has 1 atom stereocenters. The van der Waals surface area contributed by atoms with Crippen molar-refractivity contribution < 1.29 is 4.79 Å². The van der Waals surface area contributed by atoms with E-state index in [-0.39, 0.29) is 17.9 Å². The van der Waals surface area contributed by atoms with Gasteiger partial charge in [0.05, 0.1) is 5.56 Å². The largest absolute Gasteiger partial charge is 0.315 e. The molecule has 4 rings (SSSR count). The van der Waals surface area contributed by atoms with Crippen molar-refractivity contribution >= 4 is 22.2 Å². The molecule has 0 saturated carbocycles. The molecule has 0 unspecified atom stereocenters. The fourth-order valence-electron chi connectivity index (χ4n) is 4.07. The summed E-state index contributed by atoms with van der Waals surface area (Å²) in [6.45, 7) is 8.72. The number of carbonyl (C=O) groups is 1. The first-order valence-electron chi connectivity index (χ1n) is 10.4. The number of anilines is 1. The molecular weight excluding hydrogens is 408 g/mol. The number of hydrogen-bond donors (Lipinski definition) is 1. The predicted molar refractivity (Wildman–Crippen MR) is 121 cm³/mol. The van der Waals surface area contributed by atoms with Gasteiger partial charge in [-0.25, -0.2) is 0 Å². The predicted octanol–water partition coefficient (Wildman–Crippen LogP) is 4.37. The van der Waals surface area contributed by atoms with E-state index in [9.17, 15) is 10.1 Å². The molecule has 7 nitrogen and oxygen atoms in total. The summed E-state index contributed by atoms with van der Waals surface area (Å²) in [5.74, 6) is 0.799. The molecule has 0 saturated heterocycles. The Kier molecular flexibility index (Phi) is 5.63. The fourth-order valence-corrected chi connectivity index (χ4v) is 5.36. The Bertz CT molecular complexity index is 1160. The van der Waals surface area contributed by atoms with Crippen LogP contribution in [0.3, 0.4) is 0 Å². The monoisotopic (exact) mass is 434 g/mol. The van der Waals surface area contributed by atoms with Gasteiger partial charge in [0, 0.05) is 10.4 Å². The topological polar surface area (TPSA) is 96.5 Å². The van der Waals surface area contributed by atoms with Crippen LogP contribution in [-0.4, -0.2) is 26.1 Å². The molecule has 0 spiro atoms. The number of rotatable bonds is 4. The van der Waals surface area contributed by atoms with E-state index < -0.39 is 0 Å². The molecule has 1 aliphatic carbocycles. The molecule has 0 radical (unpaired) electrons. The van der Waals surface area contributed by atoms with Crippen molar-refractivity contribution in [1.82, 2.24) is 20.2 Å². The zero-order valence-electron chi connectivity index (χ0n) is 18.3. The number of aromatic nitrogens is 4. The number of aryl methyl sites for hydroxylation is 1. The van der Waals surface area contributed by atoms with Crippen molar-refractivity contribution in [2.45, 2.75) is 53.5 Å². The van der Waals surface area contributed by atoms with Crippen LogP contribution in [0.5, 0.6) is 0 Å². The maximum Gasteiger partial charge on any atom is 0.248 e. The van der Waals surface area contributed by atoms with Crippen LogP contribution < -0.4 is 5.32 Å². The fraction of sp³-hybridized carbons (Fsp3) is 0.435. The van der Waals surface area contributed by atoms with Crippen LogP contribution in [0.4, 0.5) is 5.00 Å². The molecule has 0 bridgehead atoms. The maximum absolute atomic E-state index is 12.7. The van der Waals surface area contributed by atoms with Crippen LogP contribution in [0.25, 0.3) is 11.4 Å². The number of thiophene rings is 1. The molecule has 8 heteroatoms. The van der Waals surface area contributed by atoms with E-state index in [2.05, 4.69) is 47.6 Å². The Morgan fingerprint density at radius 1 is 1.35 bits per heavy atom. The summed E-state index contributed by atoms with van der Waals surface area (Å²) in [5.41, 5.74) is 3.87. The van der Waals surface area contributed by atoms with Crippen molar-refractivity contribution in [3.05, 3.63) is 45.8 Å². The minimum absolute atomic E-state index is 0.0586. The number of nitrogens with one attached hydrogen (secondary N) is 1. The molecule has 3 aromatic rings. The van der Waals surface area contributed by atoms with Gasteiger partial charge in [0.1, 0.15) is 17.6 Å². The average Bonchev–Trinajstić information content (AvgIpc) is 3.30. The molecule has 2 heterocycles. The van der Waals surface area contributed by atoms with Crippen molar-refractivity contribution in [3.63, 3.8) is 0 Å². The van der Waals surface area contributed by atoms with E-state index in [1.54, 1.807) is 0 Å². The highest BCUT2D eigenvalue weighted by Crippen LogP contribution is 2.43. The van der Waals surface area contributed by atoms with Crippen LogP contribution in [0.1, 0.15) is 48.8 Å². The number of amides is 1. The third-order valence-corrected chi connectivity index (χ3v) is 7.15. The second kappa shape index (κ2) is 8.23. The van der Waals surface area contributed by atoms with E-state index >= 15 is 0 Å². The summed E-state index contributed by atoms with van der Waals surface area (Å²) in [5, 5.41) is 25.7. The van der Waals surface area contributed by atoms with Crippen LogP contribution in [-0.2, 0) is 24.2 Å². The van der Waals surface area contributed by atoms with Gasteiger partial charge >= 0.3 is 0 Å².